The minimum atomic E-state index is 0.341. The molecule has 0 aromatic rings. The summed E-state index contributed by atoms with van der Waals surface area (Å²) in [5, 5.41) is 1.04. The van der Waals surface area contributed by atoms with Crippen LogP contribution < -0.4 is 0 Å². The fourth-order valence-electron chi connectivity index (χ4n) is 1.30. The van der Waals surface area contributed by atoms with Crippen molar-refractivity contribution in [3.8, 4) is 0 Å². The summed E-state index contributed by atoms with van der Waals surface area (Å²) in [6.45, 7) is 9.90. The summed E-state index contributed by atoms with van der Waals surface area (Å²) in [4.78, 5) is 0. The van der Waals surface area contributed by atoms with E-state index in [1.807, 2.05) is 6.08 Å². The van der Waals surface area contributed by atoms with Crippen LogP contribution >= 0.6 is 15.9 Å². The Labute approximate surface area is 97.0 Å². The van der Waals surface area contributed by atoms with E-state index in [0.717, 1.165) is 31.4 Å². The van der Waals surface area contributed by atoms with Gasteiger partial charge in [-0.25, -0.2) is 0 Å². The maximum atomic E-state index is 5.70. The van der Waals surface area contributed by atoms with Crippen molar-refractivity contribution in [3.63, 3.8) is 0 Å². The van der Waals surface area contributed by atoms with Crippen molar-refractivity contribution >= 4 is 15.9 Å². The van der Waals surface area contributed by atoms with Crippen molar-refractivity contribution in [2.45, 2.75) is 39.5 Å². The lowest BCUT2D eigenvalue weighted by atomic mass is 9.86. The monoisotopic (exact) mass is 262 g/mol. The van der Waals surface area contributed by atoms with Gasteiger partial charge in [-0.05, 0) is 25.7 Å². The number of alkyl halides is 1. The van der Waals surface area contributed by atoms with Gasteiger partial charge in [0.15, 0.2) is 0 Å². The van der Waals surface area contributed by atoms with Crippen LogP contribution in [-0.2, 0) is 4.74 Å². The van der Waals surface area contributed by atoms with E-state index in [-0.39, 0.29) is 0 Å². The van der Waals surface area contributed by atoms with Crippen molar-refractivity contribution in [2.75, 3.05) is 18.5 Å². The summed E-state index contributed by atoms with van der Waals surface area (Å²) in [7, 11) is 0. The third-order valence-corrected chi connectivity index (χ3v) is 4.08. The van der Waals surface area contributed by atoms with Crippen LogP contribution in [0.5, 0.6) is 0 Å². The van der Waals surface area contributed by atoms with Crippen LogP contribution in [0.1, 0.15) is 39.5 Å². The molecule has 1 nitrogen and oxygen atoms in total. The Hall–Kier alpha value is 0.180. The maximum Gasteiger partial charge on any atom is 0.0530 e. The second-order valence-corrected chi connectivity index (χ2v) is 4.38. The third kappa shape index (κ3) is 5.16. The summed E-state index contributed by atoms with van der Waals surface area (Å²) in [6.07, 6.45) is 6.45. The molecule has 0 N–H and O–H groups in total. The Kier molecular flexibility index (Phi) is 8.59. The van der Waals surface area contributed by atoms with Gasteiger partial charge in [0.25, 0.3) is 0 Å². The summed E-state index contributed by atoms with van der Waals surface area (Å²) in [6, 6.07) is 0. The van der Waals surface area contributed by atoms with Gasteiger partial charge in [-0.3, -0.25) is 0 Å². The van der Waals surface area contributed by atoms with Crippen LogP contribution in [-0.4, -0.2) is 18.5 Å². The quantitative estimate of drug-likeness (QED) is 0.344. The molecule has 0 radical (unpaired) electrons. The van der Waals surface area contributed by atoms with Gasteiger partial charge >= 0.3 is 0 Å². The van der Waals surface area contributed by atoms with Crippen LogP contribution in [0.3, 0.4) is 0 Å². The Morgan fingerprint density at radius 2 is 2.00 bits per heavy atom. The van der Waals surface area contributed by atoms with E-state index in [2.05, 4.69) is 36.4 Å². The molecule has 84 valence electrons. The highest BCUT2D eigenvalue weighted by Crippen LogP contribution is 2.28. The molecule has 0 aliphatic rings. The molecule has 0 aromatic carbocycles. The van der Waals surface area contributed by atoms with Crippen LogP contribution in [0, 0.1) is 5.41 Å². The first-order chi connectivity index (χ1) is 6.74. The van der Waals surface area contributed by atoms with E-state index < -0.39 is 0 Å². The topological polar surface area (TPSA) is 9.23 Å². The number of hydrogen-bond donors (Lipinski definition) is 0. The highest BCUT2D eigenvalue weighted by molar-refractivity contribution is 9.09. The second-order valence-electron chi connectivity index (χ2n) is 3.82. The first-order valence-corrected chi connectivity index (χ1v) is 6.61. The molecule has 0 fully saturated rings. The van der Waals surface area contributed by atoms with Crippen molar-refractivity contribution in [2.24, 2.45) is 5.41 Å². The molecule has 0 atom stereocenters. The second kappa shape index (κ2) is 8.49. The van der Waals surface area contributed by atoms with E-state index in [1.165, 1.54) is 12.8 Å². The average Bonchev–Trinajstić information content (AvgIpc) is 2.24. The molecule has 0 aliphatic heterocycles. The molecule has 0 spiro atoms. The third-order valence-electron chi connectivity index (χ3n) is 2.89. The minimum Gasteiger partial charge on any atom is -0.381 e. The lowest BCUT2D eigenvalue weighted by Gasteiger charge is -2.29. The molecular weight excluding hydrogens is 240 g/mol. The SMILES string of the molecule is C=CCCCOCC(CC)(CC)CBr. The van der Waals surface area contributed by atoms with Crippen molar-refractivity contribution in [3.05, 3.63) is 12.7 Å². The van der Waals surface area contributed by atoms with Crippen LogP contribution in [0.4, 0.5) is 0 Å². The molecule has 0 amide bonds. The predicted molar refractivity (Wildman–Crippen MR) is 67.1 cm³/mol. The number of allylic oxidation sites excluding steroid dienone is 1. The van der Waals surface area contributed by atoms with Crippen molar-refractivity contribution in [1.82, 2.24) is 0 Å². The van der Waals surface area contributed by atoms with Gasteiger partial charge < -0.3 is 4.74 Å². The van der Waals surface area contributed by atoms with E-state index in [4.69, 9.17) is 4.74 Å². The first kappa shape index (κ1) is 14.2. The largest absolute Gasteiger partial charge is 0.381 e. The van der Waals surface area contributed by atoms with Gasteiger partial charge in [-0.2, -0.15) is 0 Å². The number of unbranched alkanes of at least 4 members (excludes halogenated alkanes) is 1. The zero-order chi connectivity index (χ0) is 10.9. The number of hydrogen-bond acceptors (Lipinski definition) is 1. The van der Waals surface area contributed by atoms with E-state index in [1.54, 1.807) is 0 Å². The highest BCUT2D eigenvalue weighted by atomic mass is 79.9. The van der Waals surface area contributed by atoms with E-state index in [0.29, 0.717) is 5.41 Å². The number of ether oxygens (including phenoxy) is 1. The number of rotatable bonds is 9. The first-order valence-electron chi connectivity index (χ1n) is 5.49. The standard InChI is InChI=1S/C12H23BrO/c1-4-7-8-9-14-11-12(5-2,6-3)10-13/h4H,1,5-11H2,2-3H3. The zero-order valence-electron chi connectivity index (χ0n) is 9.52. The van der Waals surface area contributed by atoms with Crippen molar-refractivity contribution in [1.29, 1.82) is 0 Å². The number of halogens is 1. The van der Waals surface area contributed by atoms with Gasteiger partial charge in [0.2, 0.25) is 0 Å². The van der Waals surface area contributed by atoms with Gasteiger partial charge in [0, 0.05) is 17.4 Å². The molecule has 0 saturated heterocycles. The molecule has 0 heterocycles. The highest BCUT2D eigenvalue weighted by Gasteiger charge is 2.24. The molecule has 0 rings (SSSR count). The Morgan fingerprint density at radius 1 is 1.36 bits per heavy atom. The smallest absolute Gasteiger partial charge is 0.0530 e. The molecule has 0 aromatic heterocycles. The molecule has 0 saturated carbocycles. The minimum absolute atomic E-state index is 0.341. The fourth-order valence-corrected chi connectivity index (χ4v) is 2.25. The maximum absolute atomic E-state index is 5.70. The molecule has 14 heavy (non-hydrogen) atoms. The fraction of sp³-hybridized carbons (Fsp3) is 0.833. The Bertz CT molecular complexity index is 133. The molecule has 0 unspecified atom stereocenters. The van der Waals surface area contributed by atoms with Crippen molar-refractivity contribution < 1.29 is 4.74 Å². The molecule has 2 heteroatoms. The summed E-state index contributed by atoms with van der Waals surface area (Å²) < 4.78 is 5.70. The summed E-state index contributed by atoms with van der Waals surface area (Å²) >= 11 is 3.58. The van der Waals surface area contributed by atoms with E-state index in [9.17, 15) is 0 Å². The normalized spacial score (nSPS) is 11.6. The van der Waals surface area contributed by atoms with E-state index >= 15 is 0 Å². The summed E-state index contributed by atoms with van der Waals surface area (Å²) in [5.41, 5.74) is 0.341. The zero-order valence-corrected chi connectivity index (χ0v) is 11.1. The van der Waals surface area contributed by atoms with Gasteiger partial charge in [-0.15, -0.1) is 6.58 Å². The predicted octanol–water partition coefficient (Wildman–Crippen LogP) is 4.17. The van der Waals surface area contributed by atoms with Crippen LogP contribution in [0.15, 0.2) is 12.7 Å². The molecule has 0 bridgehead atoms. The lowest BCUT2D eigenvalue weighted by molar-refractivity contribution is 0.0507. The van der Waals surface area contributed by atoms with Gasteiger partial charge in [0.05, 0.1) is 6.61 Å². The Balaban J connectivity index is 3.65. The van der Waals surface area contributed by atoms with Gasteiger partial charge in [-0.1, -0.05) is 35.9 Å². The lowest BCUT2D eigenvalue weighted by Crippen LogP contribution is -2.27. The summed E-state index contributed by atoms with van der Waals surface area (Å²) in [5.74, 6) is 0. The van der Waals surface area contributed by atoms with Crippen LogP contribution in [0.25, 0.3) is 0 Å². The Morgan fingerprint density at radius 3 is 2.43 bits per heavy atom. The average molecular weight is 263 g/mol. The van der Waals surface area contributed by atoms with Crippen LogP contribution in [0.2, 0.25) is 0 Å². The molecule has 0 aliphatic carbocycles. The molecular formula is C12H23BrO. The van der Waals surface area contributed by atoms with Gasteiger partial charge in [0.1, 0.15) is 0 Å².